The van der Waals surface area contributed by atoms with Crippen LogP contribution >= 0.6 is 0 Å². The van der Waals surface area contributed by atoms with E-state index >= 15 is 0 Å². The maximum atomic E-state index is 14.9. The molecule has 180 valence electrons. The summed E-state index contributed by atoms with van der Waals surface area (Å²) in [7, 11) is -2.53. The Morgan fingerprint density at radius 3 is 1.84 bits per heavy atom. The molecular weight excluding hydrogens is 517 g/mol. The number of benzene rings is 1. The van der Waals surface area contributed by atoms with Crippen LogP contribution in [0.1, 0.15) is 85.6 Å². The molecule has 2 atom stereocenters. The first-order valence-electron chi connectivity index (χ1n) is 12.8. The van der Waals surface area contributed by atoms with Crippen molar-refractivity contribution >= 4 is 33.8 Å². The average Bonchev–Trinajstić information content (AvgIpc) is 3.25. The summed E-state index contributed by atoms with van der Waals surface area (Å²) in [5.41, 5.74) is 2.06. The Labute approximate surface area is 203 Å². The van der Waals surface area contributed by atoms with Crippen LogP contribution in [0.15, 0.2) is 50.4 Å². The van der Waals surface area contributed by atoms with E-state index in [0.29, 0.717) is 0 Å². The van der Waals surface area contributed by atoms with Gasteiger partial charge in [-0.25, -0.2) is 0 Å². The van der Waals surface area contributed by atoms with Gasteiger partial charge in [-0.1, -0.05) is 0 Å². The van der Waals surface area contributed by atoms with Crippen LogP contribution in [0, 0.1) is 6.92 Å². The third-order valence-corrected chi connectivity index (χ3v) is 27.0. The zero-order chi connectivity index (χ0) is 23.8. The SMILES string of the molecule is CCC[CH2][Sn]([CH2]CCC)([CH2]CCC)[C]1=CC=CC1S(=O)(=Nc1ccc(C)cc1)C(C)(C)C. The average molecular weight is 564 g/mol. The van der Waals surface area contributed by atoms with Crippen LogP contribution in [0.2, 0.25) is 13.3 Å². The van der Waals surface area contributed by atoms with Crippen LogP contribution in [0.25, 0.3) is 0 Å². The third kappa shape index (κ3) is 6.52. The zero-order valence-electron chi connectivity index (χ0n) is 21.7. The fourth-order valence-electron chi connectivity index (χ4n) is 4.91. The molecule has 0 fully saturated rings. The maximum absolute atomic E-state index is 14.9. The van der Waals surface area contributed by atoms with Gasteiger partial charge in [-0.2, -0.15) is 0 Å². The van der Waals surface area contributed by atoms with Crippen LogP contribution in [-0.2, 0) is 9.73 Å². The van der Waals surface area contributed by atoms with E-state index in [1.54, 1.807) is 3.59 Å². The van der Waals surface area contributed by atoms with Gasteiger partial charge in [-0.15, -0.1) is 0 Å². The molecule has 2 rings (SSSR count). The van der Waals surface area contributed by atoms with Crippen molar-refractivity contribution in [3.05, 3.63) is 51.6 Å². The van der Waals surface area contributed by atoms with Gasteiger partial charge in [0.05, 0.1) is 0 Å². The van der Waals surface area contributed by atoms with Crippen molar-refractivity contribution in [3.8, 4) is 0 Å². The number of hydrogen-bond donors (Lipinski definition) is 0. The predicted molar refractivity (Wildman–Crippen MR) is 147 cm³/mol. The summed E-state index contributed by atoms with van der Waals surface area (Å²) in [4.78, 5) is 0. The summed E-state index contributed by atoms with van der Waals surface area (Å²) < 4.78 is 25.4. The number of allylic oxidation sites excluding steroid dienone is 2. The van der Waals surface area contributed by atoms with Gasteiger partial charge in [0.2, 0.25) is 0 Å². The molecule has 0 saturated carbocycles. The van der Waals surface area contributed by atoms with Gasteiger partial charge in [-0.3, -0.25) is 0 Å². The van der Waals surface area contributed by atoms with Gasteiger partial charge >= 0.3 is 204 Å². The summed E-state index contributed by atoms with van der Waals surface area (Å²) in [6.45, 7) is 15.4. The Bertz CT molecular complexity index is 877. The molecule has 0 N–H and O–H groups in total. The molecule has 32 heavy (non-hydrogen) atoms. The summed E-state index contributed by atoms with van der Waals surface area (Å²) in [6.07, 6.45) is 14.6. The first-order chi connectivity index (χ1) is 15.1. The van der Waals surface area contributed by atoms with Gasteiger partial charge in [0.1, 0.15) is 0 Å². The van der Waals surface area contributed by atoms with Crippen molar-refractivity contribution in [2.45, 2.75) is 110 Å². The van der Waals surface area contributed by atoms with E-state index in [-0.39, 0.29) is 5.25 Å². The Balaban J connectivity index is 2.63. The van der Waals surface area contributed by atoms with Crippen molar-refractivity contribution in [2.75, 3.05) is 0 Å². The van der Waals surface area contributed by atoms with Crippen molar-refractivity contribution in [3.63, 3.8) is 0 Å². The standard InChI is InChI=1S/C16H20NOS.3C4H9.Sn/c1-13-9-11-14(12-10-13)17-19(18,16(2,3)4)15-7-5-6-8-15;3*1-3-4-2;/h5-7,9-12,15H,1-4H3;3*1,3-4H2,2H3;. The minimum absolute atomic E-state index is 0.0230. The molecule has 1 aliphatic carbocycles. The molecule has 0 amide bonds. The molecule has 0 saturated heterocycles. The Kier molecular flexibility index (Phi) is 10.6. The Morgan fingerprint density at radius 1 is 0.906 bits per heavy atom. The van der Waals surface area contributed by atoms with E-state index in [0.717, 1.165) is 5.69 Å². The van der Waals surface area contributed by atoms with E-state index in [4.69, 9.17) is 4.36 Å². The van der Waals surface area contributed by atoms with Crippen molar-refractivity contribution < 1.29 is 4.21 Å². The van der Waals surface area contributed by atoms with Gasteiger partial charge in [0.15, 0.2) is 0 Å². The number of aryl methyl sites for hydroxylation is 1. The second-order valence-corrected chi connectivity index (χ2v) is 26.9. The van der Waals surface area contributed by atoms with E-state index in [2.05, 4.69) is 78.8 Å². The number of rotatable bonds is 12. The molecule has 0 aromatic heterocycles. The molecule has 2 nitrogen and oxygen atoms in total. The molecule has 4 heteroatoms. The van der Waals surface area contributed by atoms with E-state index in [1.807, 2.05) is 12.1 Å². The van der Waals surface area contributed by atoms with Crippen LogP contribution < -0.4 is 0 Å². The molecule has 1 aliphatic rings. The van der Waals surface area contributed by atoms with E-state index < -0.39 is 32.9 Å². The van der Waals surface area contributed by atoms with E-state index in [1.165, 1.54) is 57.4 Å². The summed E-state index contributed by atoms with van der Waals surface area (Å²) in [5, 5.41) is -0.0230. The topological polar surface area (TPSA) is 29.4 Å². The Morgan fingerprint density at radius 2 is 1.41 bits per heavy atom. The quantitative estimate of drug-likeness (QED) is 0.233. The molecule has 0 bridgehead atoms. The fraction of sp³-hybridized carbons (Fsp3) is 0.643. The van der Waals surface area contributed by atoms with Crippen LogP contribution in [0.5, 0.6) is 0 Å². The zero-order valence-corrected chi connectivity index (χ0v) is 25.4. The molecule has 0 radical (unpaired) electrons. The van der Waals surface area contributed by atoms with E-state index in [9.17, 15) is 4.21 Å². The first kappa shape index (κ1) is 27.7. The molecule has 2 unspecified atom stereocenters. The van der Waals surface area contributed by atoms with Crippen molar-refractivity contribution in [2.24, 2.45) is 4.36 Å². The van der Waals surface area contributed by atoms with Gasteiger partial charge in [0, 0.05) is 0 Å². The van der Waals surface area contributed by atoms with Crippen LogP contribution in [0.4, 0.5) is 5.69 Å². The Hall–Kier alpha value is -0.551. The molecule has 0 heterocycles. The number of hydrogen-bond acceptors (Lipinski definition) is 2. The molecule has 0 aliphatic heterocycles. The third-order valence-electron chi connectivity index (χ3n) is 7.00. The van der Waals surface area contributed by atoms with Gasteiger partial charge in [0.25, 0.3) is 0 Å². The monoisotopic (exact) mass is 565 g/mol. The van der Waals surface area contributed by atoms with Crippen molar-refractivity contribution in [1.29, 1.82) is 0 Å². The summed E-state index contributed by atoms with van der Waals surface area (Å²) >= 11 is -2.70. The molecule has 1 aromatic rings. The second-order valence-electron chi connectivity index (χ2n) is 10.6. The fourth-order valence-corrected chi connectivity index (χ4v) is 27.0. The normalized spacial score (nSPS) is 18.5. The predicted octanol–water partition coefficient (Wildman–Crippen LogP) is 9.15. The summed E-state index contributed by atoms with van der Waals surface area (Å²) in [5.74, 6) is 0. The van der Waals surface area contributed by atoms with Gasteiger partial charge < -0.3 is 0 Å². The van der Waals surface area contributed by atoms with Crippen LogP contribution in [0.3, 0.4) is 0 Å². The van der Waals surface area contributed by atoms with Crippen LogP contribution in [-0.4, -0.2) is 32.6 Å². The second kappa shape index (κ2) is 12.2. The number of unbranched alkanes of at least 4 members (excludes halogenated alkanes) is 3. The molecular formula is C28H47NOSSn. The van der Waals surface area contributed by atoms with Crippen molar-refractivity contribution in [1.82, 2.24) is 0 Å². The first-order valence-corrected chi connectivity index (χ1v) is 21.9. The molecule has 0 spiro atoms. The summed E-state index contributed by atoms with van der Waals surface area (Å²) in [6, 6.07) is 8.22. The number of nitrogens with zero attached hydrogens (tertiary/aromatic N) is 1. The minimum atomic E-state index is -2.70. The van der Waals surface area contributed by atoms with Gasteiger partial charge in [-0.05, 0) is 0 Å². The molecule has 1 aromatic carbocycles.